The van der Waals surface area contributed by atoms with Gasteiger partial charge in [0.2, 0.25) is 0 Å². The number of aryl methyl sites for hydroxylation is 1. The fourth-order valence-corrected chi connectivity index (χ4v) is 5.70. The molecular weight excluding hydrogens is 312 g/mol. The number of carboxylic acids is 1. The topological polar surface area (TPSA) is 45.5 Å². The standard InChI is InChI=1S/C21H26N2O2/c1-22-17-6-5-15(21(20(24)25)9-3-2-4-10-21)13-16(17)18-14-7-11-23(12-8-14)19(18)22/h5-6,13-14H,2-4,7-12H2,1H3,(H,24,25). The molecule has 25 heavy (non-hydrogen) atoms. The van der Waals surface area contributed by atoms with Crippen LogP contribution in [-0.2, 0) is 17.3 Å². The second kappa shape index (κ2) is 5.26. The molecule has 1 aromatic heterocycles. The Morgan fingerprint density at radius 1 is 1.16 bits per heavy atom. The Bertz CT molecular complexity index is 852. The largest absolute Gasteiger partial charge is 0.481 e. The van der Waals surface area contributed by atoms with Gasteiger partial charge in [0.05, 0.1) is 5.41 Å². The molecule has 4 heteroatoms. The molecule has 1 N–H and O–H groups in total. The highest BCUT2D eigenvalue weighted by atomic mass is 16.4. The van der Waals surface area contributed by atoms with Crippen LogP contribution in [0.3, 0.4) is 0 Å². The lowest BCUT2D eigenvalue weighted by Crippen LogP contribution is -2.39. The van der Waals surface area contributed by atoms with E-state index in [0.717, 1.165) is 50.8 Å². The van der Waals surface area contributed by atoms with E-state index in [9.17, 15) is 9.90 Å². The number of fused-ring (bicyclic) bond motifs is 3. The highest BCUT2D eigenvalue weighted by Crippen LogP contribution is 2.49. The van der Waals surface area contributed by atoms with Crippen LogP contribution in [0.1, 0.15) is 62.0 Å². The molecule has 4 heterocycles. The first-order valence-electron chi connectivity index (χ1n) is 9.73. The van der Waals surface area contributed by atoms with Crippen molar-refractivity contribution in [3.63, 3.8) is 0 Å². The molecule has 0 unspecified atom stereocenters. The first-order valence-corrected chi connectivity index (χ1v) is 9.73. The van der Waals surface area contributed by atoms with Gasteiger partial charge in [0.1, 0.15) is 5.82 Å². The number of piperidine rings is 1. The maximum Gasteiger partial charge on any atom is 0.314 e. The van der Waals surface area contributed by atoms with Gasteiger partial charge in [-0.05, 0) is 49.3 Å². The Hall–Kier alpha value is -1.97. The number of carbonyl (C=O) groups is 1. The van der Waals surface area contributed by atoms with Gasteiger partial charge in [-0.1, -0.05) is 25.3 Å². The lowest BCUT2D eigenvalue weighted by Gasteiger charge is -2.41. The Balaban J connectivity index is 1.72. The van der Waals surface area contributed by atoms with Crippen LogP contribution in [0.15, 0.2) is 18.2 Å². The second-order valence-corrected chi connectivity index (χ2v) is 8.24. The summed E-state index contributed by atoms with van der Waals surface area (Å²) in [5.41, 5.74) is 3.08. The first kappa shape index (κ1) is 15.3. The zero-order valence-corrected chi connectivity index (χ0v) is 14.9. The summed E-state index contributed by atoms with van der Waals surface area (Å²) in [5.74, 6) is 1.38. The van der Waals surface area contributed by atoms with Gasteiger partial charge in [-0.2, -0.15) is 0 Å². The van der Waals surface area contributed by atoms with E-state index in [4.69, 9.17) is 0 Å². The average Bonchev–Trinajstić information content (AvgIpc) is 2.98. The molecule has 132 valence electrons. The average molecular weight is 338 g/mol. The number of hydrogen-bond donors (Lipinski definition) is 1. The summed E-state index contributed by atoms with van der Waals surface area (Å²) in [5, 5.41) is 11.4. The minimum absolute atomic E-state index is 0.637. The van der Waals surface area contributed by atoms with Crippen LogP contribution in [0.4, 0.5) is 5.82 Å². The van der Waals surface area contributed by atoms with E-state index in [1.54, 1.807) is 0 Å². The molecule has 1 saturated heterocycles. The van der Waals surface area contributed by atoms with Crippen LogP contribution in [0.5, 0.6) is 0 Å². The van der Waals surface area contributed by atoms with E-state index in [2.05, 4.69) is 34.7 Å². The molecule has 0 amide bonds. The van der Waals surface area contributed by atoms with Gasteiger partial charge < -0.3 is 14.6 Å². The van der Waals surface area contributed by atoms with Crippen molar-refractivity contribution in [3.05, 3.63) is 29.3 Å². The molecule has 4 nitrogen and oxygen atoms in total. The lowest BCUT2D eigenvalue weighted by atomic mass is 9.69. The maximum atomic E-state index is 12.2. The van der Waals surface area contributed by atoms with Crippen LogP contribution < -0.4 is 4.90 Å². The highest BCUT2D eigenvalue weighted by Gasteiger charge is 2.42. The van der Waals surface area contributed by atoms with Crippen LogP contribution in [0, 0.1) is 0 Å². The summed E-state index contributed by atoms with van der Waals surface area (Å²) in [7, 11) is 2.16. The number of aliphatic carboxylic acids is 1. The minimum atomic E-state index is -0.677. The predicted octanol–water partition coefficient (Wildman–Crippen LogP) is 4.16. The number of nitrogens with zero attached hydrogens (tertiary/aromatic N) is 2. The Morgan fingerprint density at radius 2 is 1.88 bits per heavy atom. The third-order valence-corrected chi connectivity index (χ3v) is 7.08. The summed E-state index contributed by atoms with van der Waals surface area (Å²) in [4.78, 5) is 14.7. The predicted molar refractivity (Wildman–Crippen MR) is 99.5 cm³/mol. The Kier molecular flexibility index (Phi) is 3.22. The number of anilines is 1. The van der Waals surface area contributed by atoms with Crippen molar-refractivity contribution < 1.29 is 9.90 Å². The number of hydrogen-bond acceptors (Lipinski definition) is 2. The molecule has 2 bridgehead atoms. The minimum Gasteiger partial charge on any atom is -0.481 e. The maximum absolute atomic E-state index is 12.2. The van der Waals surface area contributed by atoms with Crippen molar-refractivity contribution in [2.45, 2.75) is 56.3 Å². The Labute approximate surface area is 148 Å². The van der Waals surface area contributed by atoms with Gasteiger partial charge in [0, 0.05) is 36.6 Å². The van der Waals surface area contributed by atoms with Gasteiger partial charge in [0.25, 0.3) is 0 Å². The monoisotopic (exact) mass is 338 g/mol. The zero-order chi connectivity index (χ0) is 17.2. The summed E-state index contributed by atoms with van der Waals surface area (Å²) in [6, 6.07) is 6.49. The molecule has 1 aliphatic carbocycles. The molecule has 0 atom stereocenters. The zero-order valence-electron chi connectivity index (χ0n) is 14.9. The van der Waals surface area contributed by atoms with Crippen LogP contribution in [0.25, 0.3) is 10.9 Å². The molecular formula is C21H26N2O2. The first-order chi connectivity index (χ1) is 12.1. The van der Waals surface area contributed by atoms with Gasteiger partial charge in [-0.25, -0.2) is 0 Å². The van der Waals surface area contributed by atoms with E-state index in [0.29, 0.717) is 5.92 Å². The molecule has 2 aromatic rings. The van der Waals surface area contributed by atoms with Crippen molar-refractivity contribution in [2.75, 3.05) is 18.0 Å². The van der Waals surface area contributed by atoms with Crippen molar-refractivity contribution >= 4 is 22.7 Å². The summed E-state index contributed by atoms with van der Waals surface area (Å²) in [6.45, 7) is 2.32. The number of aromatic nitrogens is 1. The normalized spacial score (nSPS) is 22.4. The van der Waals surface area contributed by atoms with Crippen molar-refractivity contribution in [1.82, 2.24) is 4.57 Å². The van der Waals surface area contributed by atoms with Gasteiger partial charge in [-0.3, -0.25) is 4.79 Å². The smallest absolute Gasteiger partial charge is 0.314 e. The van der Waals surface area contributed by atoms with E-state index in [-0.39, 0.29) is 0 Å². The van der Waals surface area contributed by atoms with Crippen molar-refractivity contribution in [2.24, 2.45) is 7.05 Å². The van der Waals surface area contributed by atoms with Crippen LogP contribution in [-0.4, -0.2) is 28.7 Å². The SMILES string of the molecule is Cn1c2c(c3cc(C4(C(=O)O)CCCCC4)ccc31)C1CCN2CC1. The Morgan fingerprint density at radius 3 is 2.56 bits per heavy atom. The van der Waals surface area contributed by atoms with Crippen LogP contribution >= 0.6 is 0 Å². The van der Waals surface area contributed by atoms with Gasteiger partial charge >= 0.3 is 5.97 Å². The fraction of sp³-hybridized carbons (Fsp3) is 0.571. The lowest BCUT2D eigenvalue weighted by molar-refractivity contribution is -0.145. The highest BCUT2D eigenvalue weighted by molar-refractivity contribution is 5.94. The van der Waals surface area contributed by atoms with Gasteiger partial charge in [-0.15, -0.1) is 0 Å². The second-order valence-electron chi connectivity index (χ2n) is 8.24. The number of carboxylic acid groups (broad SMARTS) is 1. The molecule has 3 aliphatic heterocycles. The molecule has 1 aromatic carbocycles. The molecule has 0 radical (unpaired) electrons. The number of rotatable bonds is 2. The van der Waals surface area contributed by atoms with Gasteiger partial charge in [0.15, 0.2) is 0 Å². The number of benzene rings is 1. The molecule has 1 saturated carbocycles. The molecule has 6 rings (SSSR count). The molecule has 4 aliphatic rings. The summed E-state index contributed by atoms with van der Waals surface area (Å²) >= 11 is 0. The quantitative estimate of drug-likeness (QED) is 0.894. The third-order valence-electron chi connectivity index (χ3n) is 7.08. The summed E-state index contributed by atoms with van der Waals surface area (Å²) in [6.07, 6.45) is 7.23. The molecule has 2 fully saturated rings. The fourth-order valence-electron chi connectivity index (χ4n) is 5.70. The van der Waals surface area contributed by atoms with E-state index < -0.39 is 11.4 Å². The summed E-state index contributed by atoms with van der Waals surface area (Å²) < 4.78 is 2.33. The van der Waals surface area contributed by atoms with E-state index in [1.807, 2.05) is 0 Å². The third kappa shape index (κ3) is 1.97. The van der Waals surface area contributed by atoms with E-state index in [1.165, 1.54) is 35.1 Å². The van der Waals surface area contributed by atoms with E-state index >= 15 is 0 Å². The van der Waals surface area contributed by atoms with Crippen molar-refractivity contribution in [1.29, 1.82) is 0 Å². The van der Waals surface area contributed by atoms with Crippen LogP contribution in [0.2, 0.25) is 0 Å². The molecule has 0 spiro atoms. The van der Waals surface area contributed by atoms with Crippen molar-refractivity contribution in [3.8, 4) is 0 Å².